The molecule has 118 valence electrons. The van der Waals surface area contributed by atoms with E-state index in [2.05, 4.69) is 81.1 Å². The van der Waals surface area contributed by atoms with Crippen LogP contribution in [0.1, 0.15) is 27.7 Å². The smallest absolute Gasteiger partial charge is 0.0710 e. The lowest BCUT2D eigenvalue weighted by atomic mass is 10.1. The summed E-state index contributed by atoms with van der Waals surface area (Å²) < 4.78 is 0. The third kappa shape index (κ3) is 3.21. The van der Waals surface area contributed by atoms with Gasteiger partial charge in [-0.05, 0) is 52.0 Å². The van der Waals surface area contributed by atoms with Crippen molar-refractivity contribution in [3.05, 3.63) is 60.7 Å². The lowest BCUT2D eigenvalue weighted by Gasteiger charge is -2.33. The van der Waals surface area contributed by atoms with E-state index in [9.17, 15) is 0 Å². The highest BCUT2D eigenvalue weighted by atomic mass is 15.2. The minimum atomic E-state index is 0.467. The molecule has 0 amide bonds. The number of para-hydroxylation sites is 1. The highest BCUT2D eigenvalue weighted by molar-refractivity contribution is 5.81. The molecule has 0 radical (unpaired) electrons. The average molecular weight is 304 g/mol. The van der Waals surface area contributed by atoms with Crippen LogP contribution in [0, 0.1) is 0 Å². The van der Waals surface area contributed by atoms with Crippen molar-refractivity contribution in [1.29, 1.82) is 0 Å². The van der Waals surface area contributed by atoms with Crippen LogP contribution in [-0.2, 0) is 0 Å². The molecule has 1 aromatic heterocycles. The number of aromatic nitrogens is 1. The Morgan fingerprint density at radius 2 is 1.52 bits per heavy atom. The van der Waals surface area contributed by atoms with Gasteiger partial charge in [0.15, 0.2) is 0 Å². The Morgan fingerprint density at radius 3 is 2.26 bits per heavy atom. The summed E-state index contributed by atoms with van der Waals surface area (Å²) in [5.74, 6) is 0. The summed E-state index contributed by atoms with van der Waals surface area (Å²) in [5.41, 5.74) is 4.49. The minimum absolute atomic E-state index is 0.467. The quantitative estimate of drug-likeness (QED) is 0.630. The summed E-state index contributed by atoms with van der Waals surface area (Å²) in [7, 11) is 0. The molecule has 0 saturated heterocycles. The molecular formula is C21H24N2. The second-order valence-corrected chi connectivity index (χ2v) is 6.53. The van der Waals surface area contributed by atoms with Gasteiger partial charge in [0.25, 0.3) is 0 Å². The fourth-order valence-electron chi connectivity index (χ4n) is 3.25. The van der Waals surface area contributed by atoms with E-state index in [1.54, 1.807) is 0 Å². The molecule has 3 aromatic rings. The van der Waals surface area contributed by atoms with Crippen molar-refractivity contribution in [2.75, 3.05) is 4.90 Å². The van der Waals surface area contributed by atoms with Crippen molar-refractivity contribution < 1.29 is 0 Å². The Kier molecular flexibility index (Phi) is 4.33. The molecule has 0 atom stereocenters. The highest BCUT2D eigenvalue weighted by Crippen LogP contribution is 2.27. The second-order valence-electron chi connectivity index (χ2n) is 6.53. The summed E-state index contributed by atoms with van der Waals surface area (Å²) in [4.78, 5) is 7.25. The van der Waals surface area contributed by atoms with Gasteiger partial charge in [-0.2, -0.15) is 0 Å². The van der Waals surface area contributed by atoms with Gasteiger partial charge in [0.2, 0.25) is 0 Å². The van der Waals surface area contributed by atoms with Crippen LogP contribution < -0.4 is 4.90 Å². The van der Waals surface area contributed by atoms with Gasteiger partial charge in [-0.15, -0.1) is 0 Å². The van der Waals surface area contributed by atoms with Crippen LogP contribution in [0.25, 0.3) is 22.2 Å². The number of hydrogen-bond donors (Lipinski definition) is 0. The zero-order valence-electron chi connectivity index (χ0n) is 14.3. The van der Waals surface area contributed by atoms with Gasteiger partial charge >= 0.3 is 0 Å². The number of rotatable bonds is 4. The van der Waals surface area contributed by atoms with Crippen LogP contribution >= 0.6 is 0 Å². The maximum absolute atomic E-state index is 4.82. The molecule has 3 rings (SSSR count). The number of fused-ring (bicyclic) bond motifs is 1. The maximum atomic E-state index is 4.82. The maximum Gasteiger partial charge on any atom is 0.0710 e. The van der Waals surface area contributed by atoms with Gasteiger partial charge in [-0.25, -0.2) is 4.98 Å². The van der Waals surface area contributed by atoms with Crippen molar-refractivity contribution in [2.24, 2.45) is 0 Å². The predicted octanol–water partition coefficient (Wildman–Crippen LogP) is 5.53. The molecule has 0 spiro atoms. The molecule has 2 aromatic carbocycles. The first kappa shape index (κ1) is 15.5. The molecule has 1 heterocycles. The van der Waals surface area contributed by atoms with Crippen molar-refractivity contribution in [1.82, 2.24) is 4.98 Å². The predicted molar refractivity (Wildman–Crippen MR) is 99.9 cm³/mol. The minimum Gasteiger partial charge on any atom is -0.367 e. The van der Waals surface area contributed by atoms with E-state index < -0.39 is 0 Å². The van der Waals surface area contributed by atoms with Crippen molar-refractivity contribution >= 4 is 16.6 Å². The van der Waals surface area contributed by atoms with Gasteiger partial charge < -0.3 is 4.90 Å². The van der Waals surface area contributed by atoms with Crippen LogP contribution in [0.3, 0.4) is 0 Å². The van der Waals surface area contributed by atoms with E-state index in [1.165, 1.54) is 16.6 Å². The number of nitrogens with zero attached hydrogens (tertiary/aromatic N) is 2. The zero-order chi connectivity index (χ0) is 16.4. The second kappa shape index (κ2) is 6.41. The molecule has 2 nitrogen and oxygen atoms in total. The Bertz CT molecular complexity index is 798. The van der Waals surface area contributed by atoms with Gasteiger partial charge in [-0.1, -0.05) is 36.4 Å². The van der Waals surface area contributed by atoms with Crippen molar-refractivity contribution in [3.8, 4) is 11.3 Å². The van der Waals surface area contributed by atoms with E-state index in [4.69, 9.17) is 4.98 Å². The standard InChI is InChI=1S/C21H24N2/c1-15(2)23(16(3)4)19-10-7-9-18(14-19)21-13-12-17-8-5-6-11-20(17)22-21/h5-16H,1-4H3. The van der Waals surface area contributed by atoms with Gasteiger partial charge in [0, 0.05) is 28.7 Å². The first-order chi connectivity index (χ1) is 11.1. The topological polar surface area (TPSA) is 16.1 Å². The zero-order valence-corrected chi connectivity index (χ0v) is 14.3. The molecule has 0 fully saturated rings. The van der Waals surface area contributed by atoms with Gasteiger partial charge in [-0.3, -0.25) is 0 Å². The van der Waals surface area contributed by atoms with Crippen LogP contribution in [0.4, 0.5) is 5.69 Å². The third-order valence-corrected chi connectivity index (χ3v) is 4.15. The first-order valence-electron chi connectivity index (χ1n) is 8.31. The lowest BCUT2D eigenvalue weighted by Crippen LogP contribution is -2.36. The molecule has 23 heavy (non-hydrogen) atoms. The monoisotopic (exact) mass is 304 g/mol. The van der Waals surface area contributed by atoms with E-state index in [0.29, 0.717) is 12.1 Å². The van der Waals surface area contributed by atoms with Gasteiger partial charge in [0.05, 0.1) is 11.2 Å². The van der Waals surface area contributed by atoms with E-state index in [1.807, 2.05) is 12.1 Å². The van der Waals surface area contributed by atoms with Crippen LogP contribution in [-0.4, -0.2) is 17.1 Å². The average Bonchev–Trinajstić information content (AvgIpc) is 2.54. The normalized spacial score (nSPS) is 11.4. The number of anilines is 1. The Labute approximate surface area is 138 Å². The molecule has 2 heteroatoms. The largest absolute Gasteiger partial charge is 0.367 e. The molecule has 0 aliphatic carbocycles. The van der Waals surface area contributed by atoms with Crippen LogP contribution in [0.2, 0.25) is 0 Å². The summed E-state index contributed by atoms with van der Waals surface area (Å²) in [6, 6.07) is 22.1. The summed E-state index contributed by atoms with van der Waals surface area (Å²) >= 11 is 0. The third-order valence-electron chi connectivity index (χ3n) is 4.15. The summed E-state index contributed by atoms with van der Waals surface area (Å²) in [5, 5.41) is 1.18. The molecule has 0 aliphatic heterocycles. The van der Waals surface area contributed by atoms with Gasteiger partial charge in [0.1, 0.15) is 0 Å². The molecule has 0 unspecified atom stereocenters. The Hall–Kier alpha value is -2.35. The van der Waals surface area contributed by atoms with Crippen LogP contribution in [0.5, 0.6) is 0 Å². The fraction of sp³-hybridized carbons (Fsp3) is 0.286. The SMILES string of the molecule is CC(C)N(c1cccc(-c2ccc3ccccc3n2)c1)C(C)C. The lowest BCUT2D eigenvalue weighted by molar-refractivity contribution is 0.608. The van der Waals surface area contributed by atoms with E-state index >= 15 is 0 Å². The molecular weight excluding hydrogens is 280 g/mol. The molecule has 0 bridgehead atoms. The Morgan fingerprint density at radius 1 is 0.783 bits per heavy atom. The van der Waals surface area contributed by atoms with E-state index in [0.717, 1.165) is 11.2 Å². The Balaban J connectivity index is 2.04. The number of pyridine rings is 1. The highest BCUT2D eigenvalue weighted by Gasteiger charge is 2.14. The van der Waals surface area contributed by atoms with E-state index in [-0.39, 0.29) is 0 Å². The molecule has 0 saturated carbocycles. The summed E-state index contributed by atoms with van der Waals surface area (Å²) in [6.07, 6.45) is 0. The molecule has 0 N–H and O–H groups in total. The first-order valence-corrected chi connectivity index (χ1v) is 8.31. The molecule has 0 aliphatic rings. The fourth-order valence-corrected chi connectivity index (χ4v) is 3.25. The number of hydrogen-bond acceptors (Lipinski definition) is 2. The van der Waals surface area contributed by atoms with Crippen LogP contribution in [0.15, 0.2) is 60.7 Å². The summed E-state index contributed by atoms with van der Waals surface area (Å²) in [6.45, 7) is 8.95. The van der Waals surface area contributed by atoms with Crippen molar-refractivity contribution in [2.45, 2.75) is 39.8 Å². The van der Waals surface area contributed by atoms with Crippen molar-refractivity contribution in [3.63, 3.8) is 0 Å². The number of benzene rings is 2.